The van der Waals surface area contributed by atoms with E-state index in [4.69, 9.17) is 0 Å². The fourth-order valence-corrected chi connectivity index (χ4v) is 3.46. The van der Waals surface area contributed by atoms with Gasteiger partial charge in [-0.3, -0.25) is 10.00 Å². The fraction of sp³-hybridized carbons (Fsp3) is 0.250. The Hall–Kier alpha value is -2.57. The Morgan fingerprint density at radius 3 is 2.77 bits per heavy atom. The predicted octanol–water partition coefficient (Wildman–Crippen LogP) is 3.50. The molecule has 0 radical (unpaired) electrons. The van der Waals surface area contributed by atoms with Crippen LogP contribution in [0.15, 0.2) is 54.7 Å². The van der Waals surface area contributed by atoms with Crippen LogP contribution >= 0.6 is 0 Å². The van der Waals surface area contributed by atoms with Crippen LogP contribution in [0.3, 0.4) is 0 Å². The molecule has 3 aromatic rings. The van der Waals surface area contributed by atoms with Gasteiger partial charge in [0.2, 0.25) is 0 Å². The molecule has 0 amide bonds. The molecule has 4 rings (SSSR count). The van der Waals surface area contributed by atoms with Crippen molar-refractivity contribution in [3.05, 3.63) is 77.5 Å². The molecule has 1 aliphatic heterocycles. The standard InChI is InChI=1S/C20H20F2N4/c21-16-6-7-17(18(22)10-16)20-15(11-24-25-20)12-26-9-8-23-19(13-26)14-4-2-1-3-5-14/h1-7,10-11,19,23H,8-9,12-13H2,(H,24,25)/t19-/m0/s1. The highest BCUT2D eigenvalue weighted by Crippen LogP contribution is 2.27. The van der Waals surface area contributed by atoms with Gasteiger partial charge in [0.25, 0.3) is 0 Å². The highest BCUT2D eigenvalue weighted by Gasteiger charge is 2.22. The van der Waals surface area contributed by atoms with Crippen molar-refractivity contribution in [3.8, 4) is 11.3 Å². The van der Waals surface area contributed by atoms with Crippen molar-refractivity contribution in [2.45, 2.75) is 12.6 Å². The van der Waals surface area contributed by atoms with Crippen molar-refractivity contribution in [2.75, 3.05) is 19.6 Å². The Morgan fingerprint density at radius 2 is 1.96 bits per heavy atom. The molecule has 2 N–H and O–H groups in total. The number of aromatic nitrogens is 2. The molecule has 26 heavy (non-hydrogen) atoms. The molecule has 0 unspecified atom stereocenters. The lowest BCUT2D eigenvalue weighted by Gasteiger charge is -2.34. The van der Waals surface area contributed by atoms with Gasteiger partial charge in [-0.25, -0.2) is 8.78 Å². The molecule has 0 aliphatic carbocycles. The summed E-state index contributed by atoms with van der Waals surface area (Å²) in [6.07, 6.45) is 1.72. The summed E-state index contributed by atoms with van der Waals surface area (Å²) in [5.41, 5.74) is 3.12. The maximum atomic E-state index is 14.1. The zero-order valence-electron chi connectivity index (χ0n) is 14.3. The number of rotatable bonds is 4. The second-order valence-electron chi connectivity index (χ2n) is 6.55. The van der Waals surface area contributed by atoms with Crippen molar-refractivity contribution in [3.63, 3.8) is 0 Å². The smallest absolute Gasteiger partial charge is 0.135 e. The maximum Gasteiger partial charge on any atom is 0.135 e. The zero-order chi connectivity index (χ0) is 17.9. The van der Waals surface area contributed by atoms with Crippen LogP contribution in [0, 0.1) is 11.6 Å². The molecular weight excluding hydrogens is 334 g/mol. The van der Waals surface area contributed by atoms with Crippen molar-refractivity contribution >= 4 is 0 Å². The third-order valence-electron chi connectivity index (χ3n) is 4.77. The maximum absolute atomic E-state index is 14.1. The van der Waals surface area contributed by atoms with Crippen LogP contribution in [-0.2, 0) is 6.54 Å². The molecule has 134 valence electrons. The second kappa shape index (κ2) is 7.35. The van der Waals surface area contributed by atoms with E-state index in [1.165, 1.54) is 17.7 Å². The van der Waals surface area contributed by atoms with E-state index in [2.05, 4.69) is 32.5 Å². The number of halogens is 2. The molecule has 6 heteroatoms. The summed E-state index contributed by atoms with van der Waals surface area (Å²) in [6.45, 7) is 3.31. The zero-order valence-corrected chi connectivity index (χ0v) is 14.3. The Morgan fingerprint density at radius 1 is 1.12 bits per heavy atom. The van der Waals surface area contributed by atoms with Gasteiger partial charge >= 0.3 is 0 Å². The molecule has 1 aliphatic rings. The number of nitrogens with one attached hydrogen (secondary N) is 2. The van der Waals surface area contributed by atoms with Crippen molar-refractivity contribution in [1.29, 1.82) is 0 Å². The molecule has 2 heterocycles. The van der Waals surface area contributed by atoms with Crippen molar-refractivity contribution in [2.24, 2.45) is 0 Å². The SMILES string of the molecule is Fc1ccc(-c2[nH]ncc2CN2CCN[C@H](c3ccccc3)C2)c(F)c1. The molecule has 1 fully saturated rings. The first-order valence-corrected chi connectivity index (χ1v) is 8.69. The summed E-state index contributed by atoms with van der Waals surface area (Å²) in [7, 11) is 0. The van der Waals surface area contributed by atoms with Gasteiger partial charge in [-0.2, -0.15) is 5.10 Å². The normalized spacial score (nSPS) is 18.2. The first kappa shape index (κ1) is 16.9. The summed E-state index contributed by atoms with van der Waals surface area (Å²) in [4.78, 5) is 2.32. The van der Waals surface area contributed by atoms with Crippen LogP contribution in [0.25, 0.3) is 11.3 Å². The van der Waals surface area contributed by atoms with Crippen LogP contribution in [0.1, 0.15) is 17.2 Å². The minimum atomic E-state index is -0.585. The molecule has 1 saturated heterocycles. The number of hydrogen-bond donors (Lipinski definition) is 2. The number of H-pyrrole nitrogens is 1. The topological polar surface area (TPSA) is 44.0 Å². The fourth-order valence-electron chi connectivity index (χ4n) is 3.46. The van der Waals surface area contributed by atoms with E-state index in [1.807, 2.05) is 18.2 Å². The lowest BCUT2D eigenvalue weighted by atomic mass is 10.0. The lowest BCUT2D eigenvalue weighted by Crippen LogP contribution is -2.45. The number of nitrogens with zero attached hydrogens (tertiary/aromatic N) is 2. The third kappa shape index (κ3) is 3.52. The van der Waals surface area contributed by atoms with E-state index in [9.17, 15) is 8.78 Å². The molecule has 1 aromatic heterocycles. The van der Waals surface area contributed by atoms with Gasteiger partial charge in [-0.15, -0.1) is 0 Å². The Labute approximate surface area is 150 Å². The van der Waals surface area contributed by atoms with Crippen LogP contribution in [0.4, 0.5) is 8.78 Å². The molecule has 4 nitrogen and oxygen atoms in total. The Kier molecular flexibility index (Phi) is 4.77. The highest BCUT2D eigenvalue weighted by atomic mass is 19.1. The largest absolute Gasteiger partial charge is 0.308 e. The summed E-state index contributed by atoms with van der Waals surface area (Å²) in [5, 5.41) is 10.5. The van der Waals surface area contributed by atoms with Crippen LogP contribution in [-0.4, -0.2) is 34.7 Å². The lowest BCUT2D eigenvalue weighted by molar-refractivity contribution is 0.193. The Bertz CT molecular complexity index is 879. The molecular formula is C20H20F2N4. The monoisotopic (exact) mass is 354 g/mol. The summed E-state index contributed by atoms with van der Waals surface area (Å²) in [5.74, 6) is -1.17. The molecule has 1 atom stereocenters. The number of hydrogen-bond acceptors (Lipinski definition) is 3. The van der Waals surface area contributed by atoms with Gasteiger partial charge < -0.3 is 5.32 Å². The molecule has 0 saturated carbocycles. The predicted molar refractivity (Wildman–Crippen MR) is 96.4 cm³/mol. The first-order valence-electron chi connectivity index (χ1n) is 8.69. The van der Waals surface area contributed by atoms with Gasteiger partial charge in [0.05, 0.1) is 11.9 Å². The molecule has 2 aromatic carbocycles. The van der Waals surface area contributed by atoms with Crippen LogP contribution in [0.5, 0.6) is 0 Å². The minimum Gasteiger partial charge on any atom is -0.308 e. The second-order valence-corrected chi connectivity index (χ2v) is 6.55. The van der Waals surface area contributed by atoms with E-state index in [-0.39, 0.29) is 6.04 Å². The highest BCUT2D eigenvalue weighted by molar-refractivity contribution is 5.63. The van der Waals surface area contributed by atoms with Crippen LogP contribution in [0.2, 0.25) is 0 Å². The van der Waals surface area contributed by atoms with E-state index < -0.39 is 11.6 Å². The summed E-state index contributed by atoms with van der Waals surface area (Å²) < 4.78 is 27.3. The molecule has 0 bridgehead atoms. The average molecular weight is 354 g/mol. The van der Waals surface area contributed by atoms with E-state index >= 15 is 0 Å². The van der Waals surface area contributed by atoms with Gasteiger partial charge in [0.1, 0.15) is 11.6 Å². The van der Waals surface area contributed by atoms with E-state index in [0.29, 0.717) is 17.8 Å². The van der Waals surface area contributed by atoms with Gasteiger partial charge in [0, 0.05) is 49.4 Å². The number of benzene rings is 2. The van der Waals surface area contributed by atoms with Gasteiger partial charge in [-0.05, 0) is 17.7 Å². The first-order chi connectivity index (χ1) is 12.7. The van der Waals surface area contributed by atoms with Gasteiger partial charge in [-0.1, -0.05) is 30.3 Å². The van der Waals surface area contributed by atoms with Gasteiger partial charge in [0.15, 0.2) is 0 Å². The number of piperazine rings is 1. The van der Waals surface area contributed by atoms with Crippen molar-refractivity contribution in [1.82, 2.24) is 20.4 Å². The molecule has 0 spiro atoms. The van der Waals surface area contributed by atoms with E-state index in [1.54, 1.807) is 6.20 Å². The minimum absolute atomic E-state index is 0.267. The Balaban J connectivity index is 1.52. The quantitative estimate of drug-likeness (QED) is 0.754. The third-order valence-corrected chi connectivity index (χ3v) is 4.77. The summed E-state index contributed by atoms with van der Waals surface area (Å²) in [6, 6.07) is 14.2. The number of aromatic amines is 1. The van der Waals surface area contributed by atoms with Crippen LogP contribution < -0.4 is 5.32 Å². The average Bonchev–Trinajstić information content (AvgIpc) is 3.10. The summed E-state index contributed by atoms with van der Waals surface area (Å²) >= 11 is 0. The van der Waals surface area contributed by atoms with E-state index in [0.717, 1.165) is 31.3 Å². The van der Waals surface area contributed by atoms with Crippen molar-refractivity contribution < 1.29 is 8.78 Å².